The molecule has 1 aromatic rings. The van der Waals surface area contributed by atoms with Crippen LogP contribution in [-0.4, -0.2) is 5.78 Å². The molecule has 0 N–H and O–H groups in total. The molecule has 0 bridgehead atoms. The fourth-order valence-electron chi connectivity index (χ4n) is 2.22. The Bertz CT molecular complexity index is 379. The number of carbonyl (C=O) groups is 1. The number of hydrogen-bond acceptors (Lipinski definition) is 1. The first-order valence-electron chi connectivity index (χ1n) is 6.48. The summed E-state index contributed by atoms with van der Waals surface area (Å²) in [6, 6.07) is 4.33. The normalized spacial score (nSPS) is 10.9. The number of benzene rings is 1. The summed E-state index contributed by atoms with van der Waals surface area (Å²) in [5.74, 6) is 0.980. The molecule has 0 aliphatic heterocycles. The molecule has 0 atom stereocenters. The van der Waals surface area contributed by atoms with Crippen LogP contribution in [0.15, 0.2) is 12.1 Å². The molecule has 0 radical (unpaired) electrons. The van der Waals surface area contributed by atoms with Crippen molar-refractivity contribution in [3.05, 3.63) is 34.4 Å². The van der Waals surface area contributed by atoms with Gasteiger partial charge in [-0.25, -0.2) is 0 Å². The molecule has 0 aromatic heterocycles. The van der Waals surface area contributed by atoms with E-state index in [4.69, 9.17) is 0 Å². The highest BCUT2D eigenvalue weighted by molar-refractivity contribution is 5.81. The molecule has 0 unspecified atom stereocenters. The molecule has 17 heavy (non-hydrogen) atoms. The fourth-order valence-corrected chi connectivity index (χ4v) is 2.22. The zero-order valence-corrected chi connectivity index (χ0v) is 11.8. The van der Waals surface area contributed by atoms with Crippen molar-refractivity contribution in [2.75, 3.05) is 0 Å². The number of aryl methyl sites for hydroxylation is 3. The molecule has 0 saturated heterocycles. The Hall–Kier alpha value is -1.11. The number of carbonyl (C=O) groups excluding carboxylic acids is 1. The zero-order chi connectivity index (χ0) is 13.0. The van der Waals surface area contributed by atoms with Crippen LogP contribution in [0.4, 0.5) is 0 Å². The average molecular weight is 232 g/mol. The summed E-state index contributed by atoms with van der Waals surface area (Å²) in [6.45, 7) is 10.6. The van der Waals surface area contributed by atoms with Crippen molar-refractivity contribution in [3.63, 3.8) is 0 Å². The molecule has 1 heteroatoms. The third-order valence-corrected chi connectivity index (χ3v) is 3.21. The van der Waals surface area contributed by atoms with Gasteiger partial charge in [-0.3, -0.25) is 4.79 Å². The molecule has 1 aromatic carbocycles. The SMILES string of the molecule is Cc1cc(C)c(CC(=O)CCC(C)C)c(C)c1. The first-order valence-corrected chi connectivity index (χ1v) is 6.48. The van der Waals surface area contributed by atoms with Gasteiger partial charge in [0.2, 0.25) is 0 Å². The van der Waals surface area contributed by atoms with Crippen molar-refractivity contribution in [1.82, 2.24) is 0 Å². The van der Waals surface area contributed by atoms with Gasteiger partial charge in [-0.15, -0.1) is 0 Å². The monoisotopic (exact) mass is 232 g/mol. The first kappa shape index (κ1) is 14.0. The molecule has 0 amide bonds. The molecule has 1 nitrogen and oxygen atoms in total. The highest BCUT2D eigenvalue weighted by atomic mass is 16.1. The maximum Gasteiger partial charge on any atom is 0.137 e. The van der Waals surface area contributed by atoms with E-state index in [2.05, 4.69) is 46.8 Å². The predicted octanol–water partition coefficient (Wildman–Crippen LogP) is 4.16. The number of Topliss-reactive ketones (excluding diaryl/α,β-unsaturated/α-hetero) is 1. The number of rotatable bonds is 5. The van der Waals surface area contributed by atoms with Gasteiger partial charge in [0.05, 0.1) is 0 Å². The van der Waals surface area contributed by atoms with Crippen molar-refractivity contribution in [3.8, 4) is 0 Å². The van der Waals surface area contributed by atoms with Crippen LogP contribution in [-0.2, 0) is 11.2 Å². The van der Waals surface area contributed by atoms with E-state index in [9.17, 15) is 4.79 Å². The highest BCUT2D eigenvalue weighted by Crippen LogP contribution is 2.18. The Balaban J connectivity index is 2.72. The van der Waals surface area contributed by atoms with Crippen LogP contribution in [0.5, 0.6) is 0 Å². The third-order valence-electron chi connectivity index (χ3n) is 3.21. The Morgan fingerprint density at radius 3 is 2.12 bits per heavy atom. The van der Waals surface area contributed by atoms with E-state index in [-0.39, 0.29) is 0 Å². The first-order chi connectivity index (χ1) is 7.90. The smallest absolute Gasteiger partial charge is 0.137 e. The van der Waals surface area contributed by atoms with E-state index in [1.54, 1.807) is 0 Å². The maximum atomic E-state index is 11.9. The summed E-state index contributed by atoms with van der Waals surface area (Å²) in [7, 11) is 0. The van der Waals surface area contributed by atoms with E-state index in [0.717, 1.165) is 6.42 Å². The van der Waals surface area contributed by atoms with Gasteiger partial charge in [-0.1, -0.05) is 31.5 Å². The zero-order valence-electron chi connectivity index (χ0n) is 11.8. The van der Waals surface area contributed by atoms with Gasteiger partial charge in [0.15, 0.2) is 0 Å². The Morgan fingerprint density at radius 2 is 1.65 bits per heavy atom. The molecule has 1 rings (SSSR count). The van der Waals surface area contributed by atoms with E-state index < -0.39 is 0 Å². The van der Waals surface area contributed by atoms with Crippen molar-refractivity contribution in [2.45, 2.75) is 53.9 Å². The van der Waals surface area contributed by atoms with Crippen LogP contribution in [0.25, 0.3) is 0 Å². The van der Waals surface area contributed by atoms with Gasteiger partial charge in [0, 0.05) is 12.8 Å². The van der Waals surface area contributed by atoms with Crippen LogP contribution < -0.4 is 0 Å². The summed E-state index contributed by atoms with van der Waals surface area (Å²) in [4.78, 5) is 11.9. The lowest BCUT2D eigenvalue weighted by atomic mass is 9.94. The van der Waals surface area contributed by atoms with Crippen molar-refractivity contribution >= 4 is 5.78 Å². The maximum absolute atomic E-state index is 11.9. The minimum atomic E-state index is 0.369. The van der Waals surface area contributed by atoms with Gasteiger partial charge in [0.25, 0.3) is 0 Å². The second-order valence-electron chi connectivity index (χ2n) is 5.53. The molecule has 0 aliphatic carbocycles. The molecular formula is C16H24O. The lowest BCUT2D eigenvalue weighted by Crippen LogP contribution is -2.07. The van der Waals surface area contributed by atoms with Crippen LogP contribution >= 0.6 is 0 Å². The second-order valence-corrected chi connectivity index (χ2v) is 5.53. The molecule has 0 saturated carbocycles. The molecule has 94 valence electrons. The predicted molar refractivity (Wildman–Crippen MR) is 73.4 cm³/mol. The summed E-state index contributed by atoms with van der Waals surface area (Å²) in [5, 5.41) is 0. The average Bonchev–Trinajstić information content (AvgIpc) is 2.20. The molecule has 0 heterocycles. The standard InChI is InChI=1S/C16H24O/c1-11(2)6-7-15(17)10-16-13(4)8-12(3)9-14(16)5/h8-9,11H,6-7,10H2,1-5H3. The summed E-state index contributed by atoms with van der Waals surface area (Å²) in [5.41, 5.74) is 5.00. The minimum absolute atomic E-state index is 0.369. The summed E-state index contributed by atoms with van der Waals surface area (Å²) in [6.07, 6.45) is 2.32. The summed E-state index contributed by atoms with van der Waals surface area (Å²) >= 11 is 0. The highest BCUT2D eigenvalue weighted by Gasteiger charge is 2.10. The quantitative estimate of drug-likeness (QED) is 0.745. The Morgan fingerprint density at radius 1 is 1.12 bits per heavy atom. The van der Waals surface area contributed by atoms with E-state index in [1.807, 2.05) is 0 Å². The van der Waals surface area contributed by atoms with Crippen LogP contribution in [0, 0.1) is 26.7 Å². The van der Waals surface area contributed by atoms with Crippen LogP contribution in [0.1, 0.15) is 48.9 Å². The van der Waals surface area contributed by atoms with Gasteiger partial charge >= 0.3 is 0 Å². The third kappa shape index (κ3) is 4.33. The Kier molecular flexibility index (Phi) is 4.92. The van der Waals surface area contributed by atoms with Crippen LogP contribution in [0.3, 0.4) is 0 Å². The largest absolute Gasteiger partial charge is 0.299 e. The van der Waals surface area contributed by atoms with E-state index in [1.165, 1.54) is 22.3 Å². The molecule has 0 aliphatic rings. The van der Waals surface area contributed by atoms with E-state index in [0.29, 0.717) is 24.5 Å². The molecule has 0 fully saturated rings. The fraction of sp³-hybridized carbons (Fsp3) is 0.562. The lowest BCUT2D eigenvalue weighted by molar-refractivity contribution is -0.118. The molecular weight excluding hydrogens is 208 g/mol. The van der Waals surface area contributed by atoms with E-state index >= 15 is 0 Å². The lowest BCUT2D eigenvalue weighted by Gasteiger charge is -2.11. The minimum Gasteiger partial charge on any atom is -0.299 e. The van der Waals surface area contributed by atoms with Crippen LogP contribution in [0.2, 0.25) is 0 Å². The second kappa shape index (κ2) is 6.00. The topological polar surface area (TPSA) is 17.1 Å². The number of hydrogen-bond donors (Lipinski definition) is 0. The van der Waals surface area contributed by atoms with Crippen molar-refractivity contribution < 1.29 is 4.79 Å². The molecule has 0 spiro atoms. The van der Waals surface area contributed by atoms with Gasteiger partial charge in [0.1, 0.15) is 5.78 Å². The van der Waals surface area contributed by atoms with Crippen molar-refractivity contribution in [1.29, 1.82) is 0 Å². The summed E-state index contributed by atoms with van der Waals surface area (Å²) < 4.78 is 0. The Labute approximate surface area is 105 Å². The van der Waals surface area contributed by atoms with Gasteiger partial charge in [-0.05, 0) is 49.8 Å². The van der Waals surface area contributed by atoms with Gasteiger partial charge in [-0.2, -0.15) is 0 Å². The van der Waals surface area contributed by atoms with Gasteiger partial charge < -0.3 is 0 Å². The number of ketones is 1. The van der Waals surface area contributed by atoms with Crippen molar-refractivity contribution in [2.24, 2.45) is 5.92 Å².